The summed E-state index contributed by atoms with van der Waals surface area (Å²) in [6.45, 7) is 11.3. The zero-order chi connectivity index (χ0) is 28.0. The number of nitrogens with zero attached hydrogens (tertiary/aromatic N) is 2. The Kier molecular flexibility index (Phi) is 14.1. The topological polar surface area (TPSA) is 138 Å². The predicted molar refractivity (Wildman–Crippen MR) is 141 cm³/mol. The molecule has 3 amide bonds. The summed E-state index contributed by atoms with van der Waals surface area (Å²) in [5, 5.41) is 21.3. The first kappa shape index (κ1) is 32.3. The van der Waals surface area contributed by atoms with Gasteiger partial charge in [-0.3, -0.25) is 14.5 Å². The van der Waals surface area contributed by atoms with Crippen molar-refractivity contribution in [1.82, 2.24) is 4.90 Å². The molecule has 1 aliphatic rings. The van der Waals surface area contributed by atoms with Gasteiger partial charge in [-0.05, 0) is 51.5 Å². The molecule has 0 saturated carbocycles. The van der Waals surface area contributed by atoms with Crippen molar-refractivity contribution in [2.45, 2.75) is 65.8 Å². The van der Waals surface area contributed by atoms with Crippen molar-refractivity contribution in [3.63, 3.8) is 0 Å². The van der Waals surface area contributed by atoms with Gasteiger partial charge < -0.3 is 34.6 Å². The molecule has 1 aromatic carbocycles. The van der Waals surface area contributed by atoms with Crippen LogP contribution in [0.15, 0.2) is 24.3 Å². The summed E-state index contributed by atoms with van der Waals surface area (Å²) in [5.41, 5.74) is 0.464. The van der Waals surface area contributed by atoms with Crippen LogP contribution in [-0.4, -0.2) is 96.9 Å². The maximum absolute atomic E-state index is 12.8. The molecule has 37 heavy (non-hydrogen) atoms. The molecule has 1 aliphatic heterocycles. The molecule has 1 fully saturated rings. The first-order chi connectivity index (χ1) is 17.5. The van der Waals surface area contributed by atoms with Crippen LogP contribution in [0.5, 0.6) is 0 Å². The molecule has 0 radical (unpaired) electrons. The van der Waals surface area contributed by atoms with E-state index in [0.29, 0.717) is 30.9 Å². The van der Waals surface area contributed by atoms with Crippen LogP contribution in [0.4, 0.5) is 16.2 Å². The third-order valence-electron chi connectivity index (χ3n) is 5.05. The third kappa shape index (κ3) is 11.9. The van der Waals surface area contributed by atoms with Crippen LogP contribution in [0.3, 0.4) is 0 Å². The molecule has 1 aromatic rings. The van der Waals surface area contributed by atoms with Crippen LogP contribution in [0, 0.1) is 0 Å². The second-order valence-corrected chi connectivity index (χ2v) is 9.25. The van der Waals surface area contributed by atoms with Crippen LogP contribution in [0.2, 0.25) is 0 Å². The molecule has 1 heterocycles. The molecule has 0 spiro atoms. The number of benzene rings is 1. The fourth-order valence-corrected chi connectivity index (χ4v) is 3.27. The minimum Gasteiger partial charge on any atom is -0.444 e. The minimum atomic E-state index is -1.03. The minimum absolute atomic E-state index is 0.0421. The quantitative estimate of drug-likeness (QED) is 0.400. The van der Waals surface area contributed by atoms with Crippen LogP contribution in [-0.2, 0) is 23.8 Å². The highest BCUT2D eigenvalue weighted by Gasteiger charge is 2.27. The normalized spacial score (nSPS) is 15.2. The molecule has 0 aliphatic carbocycles. The van der Waals surface area contributed by atoms with Gasteiger partial charge in [0.25, 0.3) is 5.91 Å². The van der Waals surface area contributed by atoms with Gasteiger partial charge in [0.1, 0.15) is 24.9 Å². The Balaban J connectivity index is 0.00000334. The van der Waals surface area contributed by atoms with Gasteiger partial charge >= 0.3 is 6.09 Å². The van der Waals surface area contributed by atoms with Crippen molar-refractivity contribution in [2.75, 3.05) is 56.3 Å². The SMILES string of the molecule is CC.CCC(CN(CC(=O)Nc1ccc(N2CCOCC2=O)cc1)C(=O)OC(C)(C)C)OCC(O)CO. The molecule has 0 bridgehead atoms. The fraction of sp³-hybridized carbons (Fsp3) is 0.654. The summed E-state index contributed by atoms with van der Waals surface area (Å²) in [4.78, 5) is 40.4. The summed E-state index contributed by atoms with van der Waals surface area (Å²) in [6, 6.07) is 6.83. The van der Waals surface area contributed by atoms with Gasteiger partial charge in [0.15, 0.2) is 0 Å². The number of morpholine rings is 1. The highest BCUT2D eigenvalue weighted by atomic mass is 16.6. The maximum Gasteiger partial charge on any atom is 0.410 e. The van der Waals surface area contributed by atoms with Crippen LogP contribution in [0.25, 0.3) is 0 Å². The maximum atomic E-state index is 12.8. The Morgan fingerprint density at radius 3 is 2.41 bits per heavy atom. The first-order valence-electron chi connectivity index (χ1n) is 12.7. The number of hydrogen-bond acceptors (Lipinski definition) is 8. The van der Waals surface area contributed by atoms with E-state index in [1.54, 1.807) is 49.9 Å². The highest BCUT2D eigenvalue weighted by Crippen LogP contribution is 2.20. The number of hydrogen-bond donors (Lipinski definition) is 3. The summed E-state index contributed by atoms with van der Waals surface area (Å²) in [7, 11) is 0. The zero-order valence-electron chi connectivity index (χ0n) is 22.9. The molecule has 2 atom stereocenters. The first-order valence-corrected chi connectivity index (χ1v) is 12.7. The van der Waals surface area contributed by atoms with Crippen molar-refractivity contribution >= 4 is 29.3 Å². The monoisotopic (exact) mass is 525 g/mol. The number of anilines is 2. The zero-order valence-corrected chi connectivity index (χ0v) is 22.9. The Morgan fingerprint density at radius 2 is 1.86 bits per heavy atom. The van der Waals surface area contributed by atoms with E-state index in [2.05, 4.69) is 5.32 Å². The van der Waals surface area contributed by atoms with E-state index >= 15 is 0 Å². The number of carbonyl (C=O) groups is 3. The van der Waals surface area contributed by atoms with Gasteiger partial charge in [0.2, 0.25) is 5.91 Å². The van der Waals surface area contributed by atoms with Gasteiger partial charge in [-0.2, -0.15) is 0 Å². The number of ether oxygens (including phenoxy) is 3. The average molecular weight is 526 g/mol. The van der Waals surface area contributed by atoms with Crippen molar-refractivity contribution in [3.8, 4) is 0 Å². The van der Waals surface area contributed by atoms with E-state index in [1.165, 1.54) is 4.90 Å². The predicted octanol–water partition coefficient (Wildman–Crippen LogP) is 2.40. The molecule has 11 heteroatoms. The second-order valence-electron chi connectivity index (χ2n) is 9.25. The van der Waals surface area contributed by atoms with E-state index in [9.17, 15) is 19.5 Å². The van der Waals surface area contributed by atoms with Gasteiger partial charge in [0, 0.05) is 17.9 Å². The third-order valence-corrected chi connectivity index (χ3v) is 5.05. The lowest BCUT2D eigenvalue weighted by Crippen LogP contribution is -2.45. The summed E-state index contributed by atoms with van der Waals surface area (Å²) in [5.74, 6) is -0.559. The molecule has 11 nitrogen and oxygen atoms in total. The second kappa shape index (κ2) is 16.2. The molecule has 2 unspecified atom stereocenters. The number of carbonyl (C=O) groups excluding carboxylic acids is 3. The van der Waals surface area contributed by atoms with Gasteiger partial charge in [-0.25, -0.2) is 4.79 Å². The molecule has 0 aromatic heterocycles. The molecular weight excluding hydrogens is 482 g/mol. The fourth-order valence-electron chi connectivity index (χ4n) is 3.27. The molecular formula is C26H43N3O8. The molecule has 2 rings (SSSR count). The van der Waals surface area contributed by atoms with Gasteiger partial charge in [-0.1, -0.05) is 20.8 Å². The lowest BCUT2D eigenvalue weighted by molar-refractivity contribution is -0.125. The largest absolute Gasteiger partial charge is 0.444 e. The van der Waals surface area contributed by atoms with Crippen LogP contribution in [0.1, 0.15) is 48.0 Å². The number of nitrogens with one attached hydrogen (secondary N) is 1. The van der Waals surface area contributed by atoms with Gasteiger partial charge in [0.05, 0.1) is 32.5 Å². The van der Waals surface area contributed by atoms with Crippen molar-refractivity contribution < 1.29 is 38.8 Å². The Labute approximate surface area is 219 Å². The van der Waals surface area contributed by atoms with Crippen molar-refractivity contribution in [3.05, 3.63) is 24.3 Å². The van der Waals surface area contributed by atoms with E-state index in [4.69, 9.17) is 19.3 Å². The average Bonchev–Trinajstić information content (AvgIpc) is 2.86. The summed E-state index contributed by atoms with van der Waals surface area (Å²) >= 11 is 0. The highest BCUT2D eigenvalue weighted by molar-refractivity contribution is 5.96. The van der Waals surface area contributed by atoms with E-state index in [1.807, 2.05) is 20.8 Å². The van der Waals surface area contributed by atoms with Gasteiger partial charge in [-0.15, -0.1) is 0 Å². The van der Waals surface area contributed by atoms with Crippen LogP contribution >= 0.6 is 0 Å². The number of aliphatic hydroxyl groups is 2. The molecule has 210 valence electrons. The molecule has 1 saturated heterocycles. The van der Waals surface area contributed by atoms with E-state index < -0.39 is 36.4 Å². The Hall–Kier alpha value is -2.73. The van der Waals surface area contributed by atoms with Crippen LogP contribution < -0.4 is 10.2 Å². The smallest absolute Gasteiger partial charge is 0.410 e. The summed E-state index contributed by atoms with van der Waals surface area (Å²) in [6.07, 6.45) is -1.65. The Morgan fingerprint density at radius 1 is 1.22 bits per heavy atom. The number of rotatable bonds is 11. The lowest BCUT2D eigenvalue weighted by atomic mass is 10.2. The summed E-state index contributed by atoms with van der Waals surface area (Å²) < 4.78 is 16.2. The lowest BCUT2D eigenvalue weighted by Gasteiger charge is -2.30. The Bertz CT molecular complexity index is 841. The number of aliphatic hydroxyl groups excluding tert-OH is 2. The number of amides is 3. The standard InChI is InChI=1S/C24H37N3O8.C2H6/c1-5-20(34-15-19(29)14-28)12-26(23(32)35-24(2,3)4)13-21(30)25-17-6-8-18(9-7-17)27-10-11-33-16-22(27)31;1-2/h6-9,19-20,28-29H,5,10-16H2,1-4H3,(H,25,30);1-2H3. The van der Waals surface area contributed by atoms with E-state index in [-0.39, 0.29) is 32.2 Å². The van der Waals surface area contributed by atoms with Crippen molar-refractivity contribution in [2.24, 2.45) is 0 Å². The molecule has 3 N–H and O–H groups in total. The van der Waals surface area contributed by atoms with Crippen molar-refractivity contribution in [1.29, 1.82) is 0 Å². The van der Waals surface area contributed by atoms with E-state index in [0.717, 1.165) is 0 Å².